The Morgan fingerprint density at radius 2 is 1.37 bits per heavy atom. The van der Waals surface area contributed by atoms with Gasteiger partial charge in [-0.05, 0) is 24.1 Å². The summed E-state index contributed by atoms with van der Waals surface area (Å²) in [4.78, 5) is 28.0. The monoisotopic (exact) mass is 411 g/mol. The highest BCUT2D eigenvalue weighted by atomic mass is 16.6. The van der Waals surface area contributed by atoms with Crippen LogP contribution in [0.4, 0.5) is 9.59 Å². The van der Waals surface area contributed by atoms with Crippen LogP contribution in [0.25, 0.3) is 0 Å². The van der Waals surface area contributed by atoms with Crippen molar-refractivity contribution in [1.29, 1.82) is 0 Å². The number of carbonyl (C=O) groups is 2. The third kappa shape index (κ3) is 7.40. The molecule has 2 aromatic rings. The van der Waals surface area contributed by atoms with Crippen LogP contribution in [-0.2, 0) is 22.7 Å². The van der Waals surface area contributed by atoms with Crippen LogP contribution in [0, 0.1) is 0 Å². The fourth-order valence-corrected chi connectivity index (χ4v) is 3.23. The van der Waals surface area contributed by atoms with Gasteiger partial charge in [-0.2, -0.15) is 0 Å². The second-order valence-corrected chi connectivity index (χ2v) is 7.21. The van der Waals surface area contributed by atoms with Crippen LogP contribution in [0.5, 0.6) is 0 Å². The zero-order chi connectivity index (χ0) is 21.0. The third-order valence-electron chi connectivity index (χ3n) is 4.97. The number of ether oxygens (including phenoxy) is 2. The molecule has 1 N–H and O–H groups in total. The Kier molecular flexibility index (Phi) is 8.53. The summed E-state index contributed by atoms with van der Waals surface area (Å²) in [5.41, 5.74) is 1.95. The molecule has 0 aromatic heterocycles. The first-order valence-corrected chi connectivity index (χ1v) is 10.3. The number of piperazine rings is 1. The number of rotatable bonds is 8. The van der Waals surface area contributed by atoms with Crippen LogP contribution in [0.3, 0.4) is 0 Å². The highest BCUT2D eigenvalue weighted by Crippen LogP contribution is 2.07. The van der Waals surface area contributed by atoms with E-state index in [2.05, 4.69) is 10.2 Å². The smallest absolute Gasteiger partial charge is 0.410 e. The molecule has 30 heavy (non-hydrogen) atoms. The second-order valence-electron chi connectivity index (χ2n) is 7.21. The van der Waals surface area contributed by atoms with Crippen LogP contribution in [0.2, 0.25) is 0 Å². The quantitative estimate of drug-likeness (QED) is 0.675. The van der Waals surface area contributed by atoms with Crippen molar-refractivity contribution in [3.63, 3.8) is 0 Å². The molecule has 3 rings (SSSR count). The third-order valence-corrected chi connectivity index (χ3v) is 4.97. The van der Waals surface area contributed by atoms with Gasteiger partial charge in [0.25, 0.3) is 0 Å². The number of amides is 2. The first-order chi connectivity index (χ1) is 14.7. The van der Waals surface area contributed by atoms with E-state index in [4.69, 9.17) is 9.47 Å². The maximum absolute atomic E-state index is 12.2. The summed E-state index contributed by atoms with van der Waals surface area (Å²) in [5, 5.41) is 2.78. The maximum atomic E-state index is 12.2. The molecule has 1 saturated heterocycles. The molecule has 2 aromatic carbocycles. The molecular formula is C23H29N3O4. The summed E-state index contributed by atoms with van der Waals surface area (Å²) < 4.78 is 10.6. The molecule has 0 aliphatic carbocycles. The van der Waals surface area contributed by atoms with Crippen molar-refractivity contribution in [2.45, 2.75) is 19.6 Å². The van der Waals surface area contributed by atoms with Crippen molar-refractivity contribution >= 4 is 12.2 Å². The molecule has 0 bridgehead atoms. The molecule has 1 fully saturated rings. The SMILES string of the molecule is O=C(NCCCN1CCN(C(=O)OCc2ccccc2)CC1)OCc1ccccc1. The molecule has 0 saturated carbocycles. The average Bonchev–Trinajstić information content (AvgIpc) is 2.80. The van der Waals surface area contributed by atoms with Gasteiger partial charge in [-0.3, -0.25) is 4.90 Å². The number of hydrogen-bond acceptors (Lipinski definition) is 5. The van der Waals surface area contributed by atoms with Crippen LogP contribution in [0.15, 0.2) is 60.7 Å². The molecule has 0 unspecified atom stereocenters. The Bertz CT molecular complexity index is 778. The number of benzene rings is 2. The van der Waals surface area contributed by atoms with Crippen LogP contribution < -0.4 is 5.32 Å². The average molecular weight is 412 g/mol. The molecule has 1 aliphatic rings. The van der Waals surface area contributed by atoms with Crippen molar-refractivity contribution < 1.29 is 19.1 Å². The largest absolute Gasteiger partial charge is 0.445 e. The molecule has 7 nitrogen and oxygen atoms in total. The summed E-state index contributed by atoms with van der Waals surface area (Å²) in [6, 6.07) is 19.3. The van der Waals surface area contributed by atoms with Gasteiger partial charge in [-0.1, -0.05) is 60.7 Å². The zero-order valence-electron chi connectivity index (χ0n) is 17.2. The van der Waals surface area contributed by atoms with Gasteiger partial charge in [-0.25, -0.2) is 9.59 Å². The minimum absolute atomic E-state index is 0.263. The van der Waals surface area contributed by atoms with Crippen molar-refractivity contribution in [3.8, 4) is 0 Å². The summed E-state index contributed by atoms with van der Waals surface area (Å²) in [6.45, 7) is 4.91. The number of nitrogens with zero attached hydrogens (tertiary/aromatic N) is 2. The van der Waals surface area contributed by atoms with E-state index < -0.39 is 6.09 Å². The molecule has 2 amide bonds. The van der Waals surface area contributed by atoms with E-state index in [1.165, 1.54) is 0 Å². The van der Waals surface area contributed by atoms with E-state index in [0.717, 1.165) is 37.2 Å². The number of nitrogens with one attached hydrogen (secondary N) is 1. The summed E-state index contributed by atoms with van der Waals surface area (Å²) in [7, 11) is 0. The van der Waals surface area contributed by atoms with E-state index in [9.17, 15) is 9.59 Å². The van der Waals surface area contributed by atoms with Crippen molar-refractivity contribution in [2.75, 3.05) is 39.3 Å². The van der Waals surface area contributed by atoms with Gasteiger partial charge in [0.2, 0.25) is 0 Å². The summed E-state index contributed by atoms with van der Waals surface area (Å²) in [5.74, 6) is 0. The van der Waals surface area contributed by atoms with E-state index in [1.54, 1.807) is 4.90 Å². The summed E-state index contributed by atoms with van der Waals surface area (Å²) >= 11 is 0. The van der Waals surface area contributed by atoms with Gasteiger partial charge >= 0.3 is 12.2 Å². The molecule has 7 heteroatoms. The number of carbonyl (C=O) groups excluding carboxylic acids is 2. The fourth-order valence-electron chi connectivity index (χ4n) is 3.23. The van der Waals surface area contributed by atoms with Gasteiger partial charge in [0, 0.05) is 32.7 Å². The first-order valence-electron chi connectivity index (χ1n) is 10.3. The topological polar surface area (TPSA) is 71.1 Å². The lowest BCUT2D eigenvalue weighted by atomic mass is 10.2. The Morgan fingerprint density at radius 1 is 0.800 bits per heavy atom. The Hall–Kier alpha value is -3.06. The highest BCUT2D eigenvalue weighted by molar-refractivity contribution is 5.68. The molecule has 1 heterocycles. The van der Waals surface area contributed by atoms with Gasteiger partial charge in [-0.15, -0.1) is 0 Å². The minimum atomic E-state index is -0.398. The van der Waals surface area contributed by atoms with E-state index >= 15 is 0 Å². The predicted molar refractivity (Wildman–Crippen MR) is 114 cm³/mol. The molecule has 160 valence electrons. The summed E-state index contributed by atoms with van der Waals surface area (Å²) in [6.07, 6.45) is 0.171. The molecule has 0 spiro atoms. The Morgan fingerprint density at radius 3 is 1.97 bits per heavy atom. The van der Waals surface area contributed by atoms with Crippen molar-refractivity contribution in [1.82, 2.24) is 15.1 Å². The highest BCUT2D eigenvalue weighted by Gasteiger charge is 2.21. The fraction of sp³-hybridized carbons (Fsp3) is 0.391. The van der Waals surface area contributed by atoms with E-state index in [1.807, 2.05) is 60.7 Å². The van der Waals surface area contributed by atoms with Gasteiger partial charge in [0.1, 0.15) is 13.2 Å². The lowest BCUT2D eigenvalue weighted by molar-refractivity contribution is 0.0713. The first kappa shape index (κ1) is 21.6. The Labute approximate surface area is 177 Å². The van der Waals surface area contributed by atoms with Crippen molar-refractivity contribution in [3.05, 3.63) is 71.8 Å². The second kappa shape index (κ2) is 11.8. The molecular weight excluding hydrogens is 382 g/mol. The lowest BCUT2D eigenvalue weighted by Gasteiger charge is -2.34. The van der Waals surface area contributed by atoms with E-state index in [-0.39, 0.29) is 12.7 Å². The number of hydrogen-bond donors (Lipinski definition) is 1. The van der Waals surface area contributed by atoms with Crippen LogP contribution in [0.1, 0.15) is 17.5 Å². The normalized spacial score (nSPS) is 14.2. The van der Waals surface area contributed by atoms with Gasteiger partial charge in [0.15, 0.2) is 0 Å². The Balaban J connectivity index is 1.23. The number of alkyl carbamates (subject to hydrolysis) is 1. The maximum Gasteiger partial charge on any atom is 0.410 e. The molecule has 1 aliphatic heterocycles. The van der Waals surface area contributed by atoms with E-state index in [0.29, 0.717) is 26.2 Å². The minimum Gasteiger partial charge on any atom is -0.445 e. The standard InChI is InChI=1S/C23H29N3O4/c27-22(29-18-20-8-3-1-4-9-20)24-12-7-13-25-14-16-26(17-15-25)23(28)30-19-21-10-5-2-6-11-21/h1-6,8-11H,7,12-19H2,(H,24,27). The zero-order valence-corrected chi connectivity index (χ0v) is 17.2. The predicted octanol–water partition coefficient (Wildman–Crippen LogP) is 3.26. The van der Waals surface area contributed by atoms with Gasteiger partial charge in [0.05, 0.1) is 0 Å². The van der Waals surface area contributed by atoms with Crippen LogP contribution in [-0.4, -0.2) is 61.3 Å². The van der Waals surface area contributed by atoms with Crippen molar-refractivity contribution in [2.24, 2.45) is 0 Å². The van der Waals surface area contributed by atoms with Gasteiger partial charge < -0.3 is 19.7 Å². The molecule has 0 atom stereocenters. The molecule has 0 radical (unpaired) electrons. The van der Waals surface area contributed by atoms with Crippen LogP contribution >= 0.6 is 0 Å². The lowest BCUT2D eigenvalue weighted by Crippen LogP contribution is -2.49.